The second kappa shape index (κ2) is 5.78. The lowest BCUT2D eigenvalue weighted by Gasteiger charge is -2.38. The van der Waals surface area contributed by atoms with Crippen molar-refractivity contribution in [1.29, 1.82) is 0 Å². The van der Waals surface area contributed by atoms with Crippen LogP contribution in [-0.4, -0.2) is 35.1 Å². The molecule has 0 bridgehead atoms. The Labute approximate surface area is 121 Å². The van der Waals surface area contributed by atoms with Gasteiger partial charge >= 0.3 is 6.03 Å². The second-order valence-electron chi connectivity index (χ2n) is 4.75. The fraction of sp³-hybridized carbons (Fsp3) is 0.200. The summed E-state index contributed by atoms with van der Waals surface area (Å²) < 4.78 is 18.4. The number of benzene rings is 1. The van der Waals surface area contributed by atoms with E-state index in [1.54, 1.807) is 17.2 Å². The number of nitrogens with one attached hydrogen (secondary N) is 1. The molecule has 0 aliphatic carbocycles. The molecule has 1 N–H and O–H groups in total. The zero-order valence-corrected chi connectivity index (χ0v) is 11.2. The highest BCUT2D eigenvalue weighted by molar-refractivity contribution is 5.89. The first-order valence-corrected chi connectivity index (χ1v) is 6.60. The predicted octanol–water partition coefficient (Wildman–Crippen LogP) is 2.52. The fourth-order valence-electron chi connectivity index (χ4n) is 2.00. The van der Waals surface area contributed by atoms with Crippen molar-refractivity contribution in [3.8, 4) is 5.88 Å². The lowest BCUT2D eigenvalue weighted by molar-refractivity contribution is 0.0461. The molecule has 1 fully saturated rings. The molecule has 1 aliphatic heterocycles. The van der Waals surface area contributed by atoms with Gasteiger partial charge in [0.2, 0.25) is 5.88 Å². The molecule has 2 amide bonds. The van der Waals surface area contributed by atoms with Gasteiger partial charge in [-0.3, -0.25) is 0 Å². The van der Waals surface area contributed by atoms with Crippen LogP contribution in [0.5, 0.6) is 5.88 Å². The third kappa shape index (κ3) is 3.28. The van der Waals surface area contributed by atoms with Crippen molar-refractivity contribution in [3.63, 3.8) is 0 Å². The summed E-state index contributed by atoms with van der Waals surface area (Å²) in [6.45, 7) is 1.01. The molecular weight excluding hydrogens is 273 g/mol. The first-order valence-electron chi connectivity index (χ1n) is 6.60. The maximum absolute atomic E-state index is 12.8. The van der Waals surface area contributed by atoms with E-state index in [4.69, 9.17) is 4.74 Å². The fourth-order valence-corrected chi connectivity index (χ4v) is 2.00. The van der Waals surface area contributed by atoms with E-state index in [2.05, 4.69) is 10.3 Å². The van der Waals surface area contributed by atoms with Crippen LogP contribution in [0.1, 0.15) is 0 Å². The van der Waals surface area contributed by atoms with Gasteiger partial charge in [0.15, 0.2) is 0 Å². The molecule has 0 unspecified atom stereocenters. The van der Waals surface area contributed by atoms with E-state index in [-0.39, 0.29) is 18.0 Å². The van der Waals surface area contributed by atoms with Crippen LogP contribution in [0.3, 0.4) is 0 Å². The van der Waals surface area contributed by atoms with Gasteiger partial charge in [-0.2, -0.15) is 0 Å². The van der Waals surface area contributed by atoms with Crippen LogP contribution >= 0.6 is 0 Å². The summed E-state index contributed by atoms with van der Waals surface area (Å²) in [7, 11) is 0. The molecular formula is C15H14FN3O2. The van der Waals surface area contributed by atoms with Crippen LogP contribution in [-0.2, 0) is 0 Å². The van der Waals surface area contributed by atoms with E-state index < -0.39 is 0 Å². The summed E-state index contributed by atoms with van der Waals surface area (Å²) in [4.78, 5) is 17.6. The van der Waals surface area contributed by atoms with Gasteiger partial charge in [0.05, 0.1) is 13.1 Å². The molecule has 0 saturated carbocycles. The number of amides is 2. The summed E-state index contributed by atoms with van der Waals surface area (Å²) >= 11 is 0. The van der Waals surface area contributed by atoms with Crippen molar-refractivity contribution >= 4 is 11.7 Å². The number of rotatable bonds is 3. The number of aromatic nitrogens is 1. The quantitative estimate of drug-likeness (QED) is 0.943. The summed E-state index contributed by atoms with van der Waals surface area (Å²) in [6.07, 6.45) is 1.62. The number of likely N-dealkylation sites (tertiary alicyclic amines) is 1. The number of anilines is 1. The normalized spacial score (nSPS) is 14.4. The molecule has 2 aromatic rings. The molecule has 1 aromatic carbocycles. The third-order valence-corrected chi connectivity index (χ3v) is 3.16. The van der Waals surface area contributed by atoms with Crippen molar-refractivity contribution in [2.24, 2.45) is 0 Å². The van der Waals surface area contributed by atoms with Crippen molar-refractivity contribution in [1.82, 2.24) is 9.88 Å². The lowest BCUT2D eigenvalue weighted by Crippen LogP contribution is -2.57. The summed E-state index contributed by atoms with van der Waals surface area (Å²) in [5.41, 5.74) is 0.565. The Morgan fingerprint density at radius 3 is 2.67 bits per heavy atom. The highest BCUT2D eigenvalue weighted by Gasteiger charge is 2.32. The number of pyridine rings is 1. The van der Waals surface area contributed by atoms with E-state index >= 15 is 0 Å². The van der Waals surface area contributed by atoms with E-state index in [0.717, 1.165) is 0 Å². The van der Waals surface area contributed by atoms with Crippen molar-refractivity contribution in [3.05, 3.63) is 54.5 Å². The molecule has 3 rings (SSSR count). The van der Waals surface area contributed by atoms with Crippen LogP contribution in [0.2, 0.25) is 0 Å². The van der Waals surface area contributed by atoms with Gasteiger partial charge < -0.3 is 15.0 Å². The summed E-state index contributed by atoms with van der Waals surface area (Å²) in [6, 6.07) is 10.9. The number of hydrogen-bond acceptors (Lipinski definition) is 3. The van der Waals surface area contributed by atoms with E-state index in [9.17, 15) is 9.18 Å². The molecule has 6 heteroatoms. The van der Waals surface area contributed by atoms with Gasteiger partial charge in [-0.05, 0) is 30.3 Å². The van der Waals surface area contributed by atoms with Gasteiger partial charge in [-0.15, -0.1) is 0 Å². The van der Waals surface area contributed by atoms with Crippen molar-refractivity contribution < 1.29 is 13.9 Å². The van der Waals surface area contributed by atoms with Gasteiger partial charge in [-0.25, -0.2) is 14.2 Å². The number of urea groups is 1. The van der Waals surface area contributed by atoms with E-state index in [1.807, 2.05) is 12.1 Å². The van der Waals surface area contributed by atoms with Gasteiger partial charge in [0.1, 0.15) is 11.9 Å². The standard InChI is InChI=1S/C15H14FN3O2/c16-11-4-6-12(7-5-11)18-15(20)19-9-13(10-19)21-14-3-1-2-8-17-14/h1-8,13H,9-10H2,(H,18,20). The molecule has 1 saturated heterocycles. The SMILES string of the molecule is O=C(Nc1ccc(F)cc1)N1CC(Oc2ccccn2)C1. The molecule has 0 spiro atoms. The number of halogens is 1. The van der Waals surface area contributed by atoms with Crippen molar-refractivity contribution in [2.75, 3.05) is 18.4 Å². The van der Waals surface area contributed by atoms with Crippen LogP contribution in [0.4, 0.5) is 14.9 Å². The Balaban J connectivity index is 1.47. The number of ether oxygens (including phenoxy) is 1. The maximum atomic E-state index is 12.8. The van der Waals surface area contributed by atoms with E-state index in [0.29, 0.717) is 24.7 Å². The first kappa shape index (κ1) is 13.4. The molecule has 5 nitrogen and oxygen atoms in total. The minimum Gasteiger partial charge on any atom is -0.471 e. The van der Waals surface area contributed by atoms with Gasteiger partial charge in [-0.1, -0.05) is 6.07 Å². The largest absolute Gasteiger partial charge is 0.471 e. The van der Waals surface area contributed by atoms with Crippen molar-refractivity contribution in [2.45, 2.75) is 6.10 Å². The maximum Gasteiger partial charge on any atom is 0.322 e. The lowest BCUT2D eigenvalue weighted by atomic mass is 10.2. The molecule has 1 aliphatic rings. The predicted molar refractivity (Wildman–Crippen MR) is 75.6 cm³/mol. The number of hydrogen-bond donors (Lipinski definition) is 1. The first-order chi connectivity index (χ1) is 10.2. The highest BCUT2D eigenvalue weighted by atomic mass is 19.1. The van der Waals surface area contributed by atoms with Crippen LogP contribution < -0.4 is 10.1 Å². The molecule has 2 heterocycles. The Bertz CT molecular complexity index is 613. The summed E-state index contributed by atoms with van der Waals surface area (Å²) in [5.74, 6) is 0.224. The average molecular weight is 287 g/mol. The topological polar surface area (TPSA) is 54.5 Å². The minimum atomic E-state index is -0.333. The van der Waals surface area contributed by atoms with E-state index in [1.165, 1.54) is 24.3 Å². The van der Waals surface area contributed by atoms with Gasteiger partial charge in [0, 0.05) is 18.0 Å². The molecule has 21 heavy (non-hydrogen) atoms. The average Bonchev–Trinajstić information content (AvgIpc) is 2.46. The zero-order chi connectivity index (χ0) is 14.7. The monoisotopic (exact) mass is 287 g/mol. The number of carbonyl (C=O) groups is 1. The Hall–Kier alpha value is -2.63. The van der Waals surface area contributed by atoms with Crippen LogP contribution in [0, 0.1) is 5.82 Å². The molecule has 0 radical (unpaired) electrons. The smallest absolute Gasteiger partial charge is 0.322 e. The summed E-state index contributed by atoms with van der Waals surface area (Å²) in [5, 5.41) is 2.70. The minimum absolute atomic E-state index is 0.0427. The zero-order valence-electron chi connectivity index (χ0n) is 11.2. The Kier molecular flexibility index (Phi) is 3.68. The number of carbonyl (C=O) groups excluding carboxylic acids is 1. The van der Waals surface area contributed by atoms with Crippen LogP contribution in [0.25, 0.3) is 0 Å². The molecule has 108 valence electrons. The molecule has 1 aromatic heterocycles. The second-order valence-corrected chi connectivity index (χ2v) is 4.75. The van der Waals surface area contributed by atoms with Gasteiger partial charge in [0.25, 0.3) is 0 Å². The Morgan fingerprint density at radius 1 is 1.24 bits per heavy atom. The Morgan fingerprint density at radius 2 is 2.00 bits per heavy atom. The number of nitrogens with zero attached hydrogens (tertiary/aromatic N) is 2. The van der Waals surface area contributed by atoms with Crippen LogP contribution in [0.15, 0.2) is 48.7 Å². The molecule has 0 atom stereocenters. The highest BCUT2D eigenvalue weighted by Crippen LogP contribution is 2.17. The third-order valence-electron chi connectivity index (χ3n) is 3.16.